The molecule has 204 valence electrons. The number of fused-ring (bicyclic) bond motifs is 1. The molecule has 0 unspecified atom stereocenters. The van der Waals surface area contributed by atoms with Crippen LogP contribution in [0.25, 0.3) is 10.9 Å². The lowest BCUT2D eigenvalue weighted by molar-refractivity contribution is 0.0348. The summed E-state index contributed by atoms with van der Waals surface area (Å²) in [7, 11) is 0. The van der Waals surface area contributed by atoms with Crippen LogP contribution in [0.2, 0.25) is 0 Å². The summed E-state index contributed by atoms with van der Waals surface area (Å²) < 4.78 is 6.85. The second-order valence-electron chi connectivity index (χ2n) is 10.8. The van der Waals surface area contributed by atoms with E-state index in [0.717, 1.165) is 36.1 Å². The largest absolute Gasteiger partial charge is 0.478 e. The van der Waals surface area contributed by atoms with Gasteiger partial charge in [0.25, 0.3) is 5.70 Å². The van der Waals surface area contributed by atoms with Crippen LogP contribution in [-0.4, -0.2) is 6.54 Å². The van der Waals surface area contributed by atoms with Crippen LogP contribution in [-0.2, 0) is 16.8 Å². The van der Waals surface area contributed by atoms with Crippen molar-refractivity contribution in [2.45, 2.75) is 31.8 Å². The summed E-state index contributed by atoms with van der Waals surface area (Å²) in [5, 5.41) is 9.80. The molecule has 0 aromatic heterocycles. The molecule has 0 aliphatic carbocycles. The van der Waals surface area contributed by atoms with Crippen molar-refractivity contribution in [2.75, 3.05) is 11.4 Å². The topological polar surface area (TPSA) is 40.6 Å². The second-order valence-corrected chi connectivity index (χ2v) is 10.8. The first-order valence-electron chi connectivity index (χ1n) is 14.3. The number of hydrogen-bond donors (Lipinski definition) is 0. The van der Waals surface area contributed by atoms with Crippen LogP contribution in [0, 0.1) is 24.8 Å². The summed E-state index contributed by atoms with van der Waals surface area (Å²) in [6, 6.07) is 37.6. The monoisotopic (exact) mass is 545 g/mol. The van der Waals surface area contributed by atoms with Gasteiger partial charge in [-0.25, -0.2) is 10.1 Å². The Labute approximate surface area is 247 Å². The van der Waals surface area contributed by atoms with Crippen LogP contribution in [0.1, 0.15) is 40.7 Å². The summed E-state index contributed by atoms with van der Waals surface area (Å²) in [5.74, 6) is 0.611. The molecule has 2 heterocycles. The maximum absolute atomic E-state index is 9.80. The lowest BCUT2D eigenvalue weighted by Gasteiger charge is -2.39. The van der Waals surface area contributed by atoms with Gasteiger partial charge in [0.15, 0.2) is 5.60 Å². The highest BCUT2D eigenvalue weighted by Crippen LogP contribution is 2.45. The van der Waals surface area contributed by atoms with Gasteiger partial charge in [-0.2, -0.15) is 0 Å². The van der Waals surface area contributed by atoms with Crippen LogP contribution in [0.3, 0.4) is 0 Å². The molecule has 0 amide bonds. The number of nitriles is 1. The Kier molecular flexibility index (Phi) is 7.46. The molecule has 2 aliphatic rings. The van der Waals surface area contributed by atoms with Crippen molar-refractivity contribution in [3.05, 3.63) is 172 Å². The normalized spacial score (nSPS) is 16.9. The molecule has 0 fully saturated rings. The van der Waals surface area contributed by atoms with Gasteiger partial charge in [-0.05, 0) is 72.9 Å². The zero-order valence-corrected chi connectivity index (χ0v) is 23.6. The Hall–Kier alpha value is -5.32. The summed E-state index contributed by atoms with van der Waals surface area (Å²) in [5.41, 5.74) is 7.97. The minimum atomic E-state index is -0.872. The van der Waals surface area contributed by atoms with Gasteiger partial charge in [0.1, 0.15) is 5.76 Å². The van der Waals surface area contributed by atoms with Gasteiger partial charge in [-0.1, -0.05) is 90.5 Å². The molecule has 2 aliphatic heterocycles. The van der Waals surface area contributed by atoms with E-state index in [9.17, 15) is 5.26 Å². The van der Waals surface area contributed by atoms with E-state index < -0.39 is 5.60 Å². The highest BCUT2D eigenvalue weighted by Gasteiger charge is 2.40. The minimum Gasteiger partial charge on any atom is -0.478 e. The number of rotatable bonds is 5. The third-order valence-corrected chi connectivity index (χ3v) is 8.06. The van der Waals surface area contributed by atoms with Crippen LogP contribution in [0.4, 0.5) is 11.4 Å². The minimum absolute atomic E-state index is 0.0883. The van der Waals surface area contributed by atoms with E-state index in [-0.39, 0.29) is 5.70 Å². The Morgan fingerprint density at radius 2 is 1.62 bits per heavy atom. The van der Waals surface area contributed by atoms with E-state index in [1.807, 2.05) is 72.8 Å². The first-order valence-corrected chi connectivity index (χ1v) is 14.3. The van der Waals surface area contributed by atoms with Crippen molar-refractivity contribution in [3.63, 3.8) is 0 Å². The van der Waals surface area contributed by atoms with Crippen molar-refractivity contribution in [3.8, 4) is 6.07 Å². The molecule has 0 spiro atoms. The van der Waals surface area contributed by atoms with Gasteiger partial charge in [0.2, 0.25) is 0 Å². The number of aryl methyl sites for hydroxylation is 2. The number of benzene rings is 4. The molecule has 0 radical (unpaired) electrons. The first-order chi connectivity index (χ1) is 20.6. The van der Waals surface area contributed by atoms with Crippen LogP contribution < -0.4 is 4.90 Å². The number of anilines is 2. The summed E-state index contributed by atoms with van der Waals surface area (Å²) in [4.78, 5) is 5.96. The lowest BCUT2D eigenvalue weighted by Crippen LogP contribution is -2.34. The van der Waals surface area contributed by atoms with E-state index >= 15 is 0 Å². The quantitative estimate of drug-likeness (QED) is 0.186. The van der Waals surface area contributed by atoms with Crippen LogP contribution in [0.15, 0.2) is 132 Å². The van der Waals surface area contributed by atoms with Crippen LogP contribution >= 0.6 is 0 Å². The van der Waals surface area contributed by atoms with Gasteiger partial charge in [-0.15, -0.1) is 0 Å². The Bertz CT molecular complexity index is 1710. The fourth-order valence-corrected chi connectivity index (χ4v) is 5.96. The first kappa shape index (κ1) is 26.9. The Balaban J connectivity index is 1.38. The zero-order chi connectivity index (χ0) is 28.9. The predicted molar refractivity (Wildman–Crippen MR) is 169 cm³/mol. The lowest BCUT2D eigenvalue weighted by atomic mass is 9.79. The molecule has 0 atom stereocenters. The molecule has 0 saturated heterocycles. The van der Waals surface area contributed by atoms with E-state index in [1.165, 1.54) is 22.5 Å². The van der Waals surface area contributed by atoms with Crippen molar-refractivity contribution < 1.29 is 4.74 Å². The fourth-order valence-electron chi connectivity index (χ4n) is 5.96. The predicted octanol–water partition coefficient (Wildman–Crippen LogP) is 9.04. The SMILES string of the molecule is [C-]#[N+]/C(C#N)=C1C=C(/C=C/c2ccc3c(c2)CCCN3c2ccc(C)cc2)OC(c2ccccc2)(c2ccccc2)C/1. The molecular weight excluding hydrogens is 514 g/mol. The van der Waals surface area contributed by atoms with Crippen LogP contribution in [0.5, 0.6) is 0 Å². The highest BCUT2D eigenvalue weighted by molar-refractivity contribution is 5.70. The average Bonchev–Trinajstić information content (AvgIpc) is 3.05. The maximum atomic E-state index is 9.80. The van der Waals surface area contributed by atoms with E-state index in [0.29, 0.717) is 17.8 Å². The summed E-state index contributed by atoms with van der Waals surface area (Å²) in [6.45, 7) is 10.8. The molecule has 4 heteroatoms. The van der Waals surface area contributed by atoms with Crippen molar-refractivity contribution >= 4 is 17.5 Å². The Morgan fingerprint density at radius 3 is 2.26 bits per heavy atom. The van der Waals surface area contributed by atoms with Gasteiger partial charge in [0, 0.05) is 35.5 Å². The summed E-state index contributed by atoms with van der Waals surface area (Å²) >= 11 is 0. The third-order valence-electron chi connectivity index (χ3n) is 8.06. The van der Waals surface area contributed by atoms with E-state index in [1.54, 1.807) is 0 Å². The molecule has 0 saturated carbocycles. The molecule has 4 nitrogen and oxygen atoms in total. The number of hydrogen-bond acceptors (Lipinski definition) is 3. The molecule has 6 rings (SSSR count). The summed E-state index contributed by atoms with van der Waals surface area (Å²) in [6.07, 6.45) is 8.38. The van der Waals surface area contributed by atoms with Crippen molar-refractivity contribution in [1.82, 2.24) is 0 Å². The van der Waals surface area contributed by atoms with Gasteiger partial charge in [-0.3, -0.25) is 0 Å². The molecule has 4 aromatic carbocycles. The zero-order valence-electron chi connectivity index (χ0n) is 23.6. The standard InChI is InChI=1S/C38H31N3O/c1-28-15-19-34(20-16-28)41-23-9-10-30-24-29(18-22-37(30)41)17-21-35-25-31(36(27-39)40-2)26-38(42-35,32-11-5-3-6-12-32)33-13-7-4-8-14-33/h3-8,11-22,24-25H,9-10,23,26H2,1H3/b21-17+,36-31-. The van der Waals surface area contributed by atoms with E-state index in [4.69, 9.17) is 11.3 Å². The number of allylic oxidation sites excluding steroid dienone is 3. The average molecular weight is 546 g/mol. The molecule has 4 aromatic rings. The maximum Gasteiger partial charge on any atom is 0.265 e. The van der Waals surface area contributed by atoms with Crippen molar-refractivity contribution in [1.29, 1.82) is 5.26 Å². The molecule has 42 heavy (non-hydrogen) atoms. The van der Waals surface area contributed by atoms with Gasteiger partial charge in [0.05, 0.1) is 12.6 Å². The van der Waals surface area contributed by atoms with Gasteiger partial charge < -0.3 is 9.64 Å². The van der Waals surface area contributed by atoms with Crippen molar-refractivity contribution in [2.24, 2.45) is 0 Å². The van der Waals surface area contributed by atoms with E-state index in [2.05, 4.69) is 71.3 Å². The highest BCUT2D eigenvalue weighted by atomic mass is 16.5. The second kappa shape index (κ2) is 11.7. The fraction of sp³-hybridized carbons (Fsp3) is 0.158. The number of nitrogens with zero attached hydrogens (tertiary/aromatic N) is 3. The Morgan fingerprint density at radius 1 is 0.929 bits per heavy atom. The van der Waals surface area contributed by atoms with Gasteiger partial charge >= 0.3 is 0 Å². The molecule has 0 N–H and O–H groups in total. The molecular formula is C38H31N3O. The third kappa shape index (κ3) is 5.24. The smallest absolute Gasteiger partial charge is 0.265 e. The number of ether oxygens (including phenoxy) is 1. The molecule has 0 bridgehead atoms.